The lowest BCUT2D eigenvalue weighted by molar-refractivity contribution is 0.954. The molecule has 0 spiro atoms. The van der Waals surface area contributed by atoms with Gasteiger partial charge in [0.05, 0.1) is 11.0 Å². The van der Waals surface area contributed by atoms with Crippen LogP contribution >= 0.6 is 11.3 Å². The van der Waals surface area contributed by atoms with Crippen LogP contribution in [0, 0.1) is 0 Å². The number of hydrogen-bond acceptors (Lipinski definition) is 4. The van der Waals surface area contributed by atoms with E-state index in [0.29, 0.717) is 17.6 Å². The van der Waals surface area contributed by atoms with Gasteiger partial charge in [0.2, 0.25) is 5.95 Å². The fraction of sp³-hybridized carbons (Fsp3) is 0. The molecule has 3 heterocycles. The second kappa shape index (κ2) is 11.6. The summed E-state index contributed by atoms with van der Waals surface area (Å²) in [5.74, 6) is 1.86. The molecule has 0 aliphatic carbocycles. The maximum Gasteiger partial charge on any atom is 0.238 e. The summed E-state index contributed by atoms with van der Waals surface area (Å²) in [5.41, 5.74) is 8.76. The van der Waals surface area contributed by atoms with Crippen molar-refractivity contribution in [2.24, 2.45) is 0 Å². The minimum absolute atomic E-state index is 0.594. The van der Waals surface area contributed by atoms with Crippen LogP contribution in [0.25, 0.3) is 93.0 Å². The molecule has 0 atom stereocenters. The first-order chi connectivity index (χ1) is 24.8. The minimum Gasteiger partial charge on any atom is -0.278 e. The van der Waals surface area contributed by atoms with Crippen molar-refractivity contribution in [2.45, 2.75) is 0 Å². The molecule has 234 valence electrons. The summed E-state index contributed by atoms with van der Waals surface area (Å²) in [6.45, 7) is 0. The molecule has 0 saturated heterocycles. The van der Waals surface area contributed by atoms with E-state index in [0.717, 1.165) is 27.7 Å². The predicted octanol–water partition coefficient (Wildman–Crippen LogP) is 12.0. The van der Waals surface area contributed by atoms with Crippen molar-refractivity contribution >= 4 is 53.3 Å². The highest BCUT2D eigenvalue weighted by Crippen LogP contribution is 2.41. The molecule has 0 amide bonds. The van der Waals surface area contributed by atoms with Gasteiger partial charge in [0, 0.05) is 42.1 Å². The fourth-order valence-electron chi connectivity index (χ4n) is 7.02. The largest absolute Gasteiger partial charge is 0.278 e. The number of thiophene rings is 1. The summed E-state index contributed by atoms with van der Waals surface area (Å²) in [6, 6.07) is 59.7. The number of fused-ring (bicyclic) bond motifs is 6. The molecule has 0 aliphatic rings. The molecule has 7 aromatic carbocycles. The molecule has 0 bridgehead atoms. The first-order valence-electron chi connectivity index (χ1n) is 16.7. The number of benzene rings is 7. The van der Waals surface area contributed by atoms with E-state index in [1.807, 2.05) is 35.6 Å². The maximum absolute atomic E-state index is 5.20. The van der Waals surface area contributed by atoms with Gasteiger partial charge in [-0.05, 0) is 52.6 Å². The molecule has 4 nitrogen and oxygen atoms in total. The van der Waals surface area contributed by atoms with E-state index < -0.39 is 0 Å². The number of rotatable bonds is 5. The van der Waals surface area contributed by atoms with Gasteiger partial charge in [-0.2, -0.15) is 9.97 Å². The first-order valence-corrected chi connectivity index (χ1v) is 17.5. The average Bonchev–Trinajstić information content (AvgIpc) is 3.72. The first kappa shape index (κ1) is 28.6. The van der Waals surface area contributed by atoms with Crippen LogP contribution in [0.2, 0.25) is 0 Å². The molecule has 0 fully saturated rings. The predicted molar refractivity (Wildman–Crippen MR) is 209 cm³/mol. The molecule has 0 N–H and O–H groups in total. The Kier molecular flexibility index (Phi) is 6.64. The molecule has 0 unspecified atom stereocenters. The molecular formula is C45H28N4S. The number of hydrogen-bond donors (Lipinski definition) is 0. The molecule has 0 aliphatic heterocycles. The van der Waals surface area contributed by atoms with Gasteiger partial charge in [0.15, 0.2) is 11.6 Å². The zero-order valence-electron chi connectivity index (χ0n) is 26.9. The van der Waals surface area contributed by atoms with Gasteiger partial charge in [0.25, 0.3) is 0 Å². The van der Waals surface area contributed by atoms with Crippen LogP contribution in [0.3, 0.4) is 0 Å². The molecule has 10 aromatic rings. The second-order valence-corrected chi connectivity index (χ2v) is 13.6. The highest BCUT2D eigenvalue weighted by Gasteiger charge is 2.20. The van der Waals surface area contributed by atoms with Crippen molar-refractivity contribution in [1.29, 1.82) is 0 Å². The Balaban J connectivity index is 1.21. The van der Waals surface area contributed by atoms with Gasteiger partial charge < -0.3 is 0 Å². The van der Waals surface area contributed by atoms with Gasteiger partial charge in [-0.1, -0.05) is 140 Å². The van der Waals surface area contributed by atoms with Crippen LogP contribution in [0.4, 0.5) is 0 Å². The van der Waals surface area contributed by atoms with E-state index in [1.54, 1.807) is 0 Å². The molecule has 5 heteroatoms. The minimum atomic E-state index is 0.594. The zero-order valence-corrected chi connectivity index (χ0v) is 27.7. The van der Waals surface area contributed by atoms with E-state index in [9.17, 15) is 0 Å². The molecule has 50 heavy (non-hydrogen) atoms. The summed E-state index contributed by atoms with van der Waals surface area (Å²) < 4.78 is 4.75. The highest BCUT2D eigenvalue weighted by molar-refractivity contribution is 7.25. The van der Waals surface area contributed by atoms with E-state index in [-0.39, 0.29) is 0 Å². The third kappa shape index (κ3) is 4.79. The van der Waals surface area contributed by atoms with Gasteiger partial charge in [0.1, 0.15) is 0 Å². The van der Waals surface area contributed by atoms with Gasteiger partial charge >= 0.3 is 0 Å². The molecule has 3 aromatic heterocycles. The van der Waals surface area contributed by atoms with Gasteiger partial charge in [-0.25, -0.2) is 4.98 Å². The molecule has 10 rings (SSSR count). The quantitative estimate of drug-likeness (QED) is 0.185. The van der Waals surface area contributed by atoms with E-state index in [2.05, 4.69) is 150 Å². The van der Waals surface area contributed by atoms with Crippen molar-refractivity contribution in [3.63, 3.8) is 0 Å². The smallest absolute Gasteiger partial charge is 0.238 e. The second-order valence-electron chi connectivity index (χ2n) is 12.5. The third-order valence-electron chi connectivity index (χ3n) is 9.48. The summed E-state index contributed by atoms with van der Waals surface area (Å²) in [6.07, 6.45) is 0. The zero-order chi connectivity index (χ0) is 33.0. The third-order valence-corrected chi connectivity index (χ3v) is 10.6. The number of nitrogens with zero attached hydrogens (tertiary/aromatic N) is 4. The summed E-state index contributed by atoms with van der Waals surface area (Å²) in [7, 11) is 0. The average molecular weight is 657 g/mol. The Bertz CT molecular complexity index is 2840. The lowest BCUT2D eigenvalue weighted by Gasteiger charge is -2.11. The van der Waals surface area contributed by atoms with Crippen LogP contribution in [0.5, 0.6) is 0 Å². The Morgan fingerprint density at radius 3 is 1.56 bits per heavy atom. The maximum atomic E-state index is 5.20. The highest BCUT2D eigenvalue weighted by atomic mass is 32.1. The van der Waals surface area contributed by atoms with Crippen LogP contribution < -0.4 is 0 Å². The van der Waals surface area contributed by atoms with Crippen LogP contribution in [0.1, 0.15) is 0 Å². The van der Waals surface area contributed by atoms with Crippen molar-refractivity contribution in [3.8, 4) is 51.0 Å². The fourth-order valence-corrected chi connectivity index (χ4v) is 8.12. The van der Waals surface area contributed by atoms with Crippen molar-refractivity contribution < 1.29 is 0 Å². The Morgan fingerprint density at radius 1 is 0.340 bits per heavy atom. The topological polar surface area (TPSA) is 43.6 Å². The summed E-state index contributed by atoms with van der Waals surface area (Å²) >= 11 is 1.84. The van der Waals surface area contributed by atoms with E-state index >= 15 is 0 Å². The van der Waals surface area contributed by atoms with Crippen molar-refractivity contribution in [3.05, 3.63) is 170 Å². The Morgan fingerprint density at radius 2 is 0.860 bits per heavy atom. The lowest BCUT2D eigenvalue weighted by Crippen LogP contribution is -2.06. The molecule has 0 radical (unpaired) electrons. The van der Waals surface area contributed by atoms with Gasteiger partial charge in [-0.15, -0.1) is 11.3 Å². The SMILES string of the molecule is c1ccc(-c2ccc(-c3nc(-c4ccccc4)nc(-n4c5ccccc5c5cc6sc7ccc(-c8ccccc8)cc7c6cc54)n3)cc2)cc1. The van der Waals surface area contributed by atoms with Crippen LogP contribution in [-0.4, -0.2) is 19.5 Å². The normalized spacial score (nSPS) is 11.6. The number of aromatic nitrogens is 4. The Hall–Kier alpha value is -6.43. The molecular weight excluding hydrogens is 629 g/mol. The van der Waals surface area contributed by atoms with Crippen LogP contribution in [-0.2, 0) is 0 Å². The summed E-state index contributed by atoms with van der Waals surface area (Å²) in [4.78, 5) is 15.4. The van der Waals surface area contributed by atoms with Crippen molar-refractivity contribution in [2.75, 3.05) is 0 Å². The van der Waals surface area contributed by atoms with E-state index in [1.165, 1.54) is 47.6 Å². The Labute approximate surface area is 292 Å². The lowest BCUT2D eigenvalue weighted by atomic mass is 10.0. The monoisotopic (exact) mass is 656 g/mol. The number of para-hydroxylation sites is 1. The van der Waals surface area contributed by atoms with Crippen molar-refractivity contribution in [1.82, 2.24) is 19.5 Å². The van der Waals surface area contributed by atoms with Gasteiger partial charge in [-0.3, -0.25) is 4.57 Å². The summed E-state index contributed by atoms with van der Waals surface area (Å²) in [5, 5.41) is 4.83. The molecule has 0 saturated carbocycles. The standard InChI is InChI=1S/C45H28N4S/c1-4-12-29(13-5-1)31-20-22-33(23-21-31)44-46-43(32-16-8-3-9-17-32)47-45(48-44)49-39-19-11-10-18-35(39)36-28-42-38(27-40(36)49)37-26-34(24-25-41(37)50-42)30-14-6-2-7-15-30/h1-28H. The van der Waals surface area contributed by atoms with Crippen LogP contribution in [0.15, 0.2) is 170 Å². The van der Waals surface area contributed by atoms with E-state index in [4.69, 9.17) is 15.0 Å².